The monoisotopic (exact) mass is 425 g/mol. The molecule has 0 unspecified atom stereocenters. The first-order valence-corrected chi connectivity index (χ1v) is 11.0. The Labute approximate surface area is 185 Å². The predicted octanol–water partition coefficient (Wildman–Crippen LogP) is 3.91. The van der Waals surface area contributed by atoms with E-state index in [0.717, 1.165) is 48.0 Å². The van der Waals surface area contributed by atoms with Crippen molar-refractivity contribution in [3.63, 3.8) is 0 Å². The number of hydrogen-bond donors (Lipinski definition) is 1. The normalized spacial score (nSPS) is 15.0. The molecule has 2 aliphatic rings. The molecule has 0 spiro atoms. The van der Waals surface area contributed by atoms with E-state index in [2.05, 4.69) is 36.2 Å². The third-order valence-electron chi connectivity index (χ3n) is 6.19. The lowest BCUT2D eigenvalue weighted by atomic mass is 10.1. The lowest BCUT2D eigenvalue weighted by Crippen LogP contribution is -2.15. The Kier molecular flexibility index (Phi) is 4.38. The van der Waals surface area contributed by atoms with E-state index in [1.807, 2.05) is 48.1 Å². The van der Waals surface area contributed by atoms with Gasteiger partial charge in [-0.15, -0.1) is 10.2 Å². The van der Waals surface area contributed by atoms with Crippen LogP contribution in [0.4, 0.5) is 5.82 Å². The van der Waals surface area contributed by atoms with Crippen LogP contribution in [0.5, 0.6) is 0 Å². The van der Waals surface area contributed by atoms with E-state index in [1.54, 1.807) is 6.07 Å². The molecule has 0 atom stereocenters. The number of amides is 1. The number of rotatable bonds is 5. The van der Waals surface area contributed by atoms with Gasteiger partial charge in [-0.2, -0.15) is 0 Å². The largest absolute Gasteiger partial charge is 0.310 e. The molecule has 6 rings (SSSR count). The van der Waals surface area contributed by atoms with Crippen molar-refractivity contribution in [2.75, 3.05) is 5.32 Å². The van der Waals surface area contributed by atoms with E-state index >= 15 is 0 Å². The van der Waals surface area contributed by atoms with Gasteiger partial charge in [0.05, 0.1) is 12.0 Å². The van der Waals surface area contributed by atoms with Crippen molar-refractivity contribution in [2.45, 2.75) is 45.1 Å². The number of nitrogens with one attached hydrogen (secondary N) is 1. The summed E-state index contributed by atoms with van der Waals surface area (Å²) in [6, 6.07) is 11.4. The second kappa shape index (κ2) is 7.40. The minimum atomic E-state index is -0.192. The first-order valence-electron chi connectivity index (χ1n) is 11.0. The van der Waals surface area contributed by atoms with Gasteiger partial charge in [-0.1, -0.05) is 12.1 Å². The number of pyridine rings is 1. The van der Waals surface area contributed by atoms with Crippen molar-refractivity contribution in [1.29, 1.82) is 0 Å². The van der Waals surface area contributed by atoms with Gasteiger partial charge in [0.1, 0.15) is 17.3 Å². The molecule has 32 heavy (non-hydrogen) atoms. The van der Waals surface area contributed by atoms with E-state index in [-0.39, 0.29) is 5.91 Å². The maximum atomic E-state index is 13.1. The molecule has 8 nitrogen and oxygen atoms in total. The number of anilines is 1. The molecule has 160 valence electrons. The molecule has 3 aromatic heterocycles. The second-order valence-electron chi connectivity index (χ2n) is 8.54. The molecule has 1 aromatic carbocycles. The van der Waals surface area contributed by atoms with Crippen molar-refractivity contribution in [3.05, 3.63) is 71.6 Å². The summed E-state index contributed by atoms with van der Waals surface area (Å²) in [4.78, 5) is 22.3. The van der Waals surface area contributed by atoms with Crippen molar-refractivity contribution >= 4 is 11.7 Å². The summed E-state index contributed by atoms with van der Waals surface area (Å²) in [5.74, 6) is 2.63. The summed E-state index contributed by atoms with van der Waals surface area (Å²) >= 11 is 0. The van der Waals surface area contributed by atoms with Crippen molar-refractivity contribution in [2.24, 2.45) is 0 Å². The third kappa shape index (κ3) is 3.37. The molecule has 0 saturated heterocycles. The number of carbonyl (C=O) groups is 1. The van der Waals surface area contributed by atoms with E-state index in [1.165, 1.54) is 12.8 Å². The van der Waals surface area contributed by atoms with Gasteiger partial charge in [-0.05, 0) is 56.0 Å². The van der Waals surface area contributed by atoms with Gasteiger partial charge >= 0.3 is 0 Å². The summed E-state index contributed by atoms with van der Waals surface area (Å²) < 4.78 is 4.08. The van der Waals surface area contributed by atoms with Crippen LogP contribution in [0.2, 0.25) is 0 Å². The Morgan fingerprint density at radius 3 is 2.94 bits per heavy atom. The summed E-state index contributed by atoms with van der Waals surface area (Å²) in [6.45, 7) is 2.84. The highest BCUT2D eigenvalue weighted by Crippen LogP contribution is 2.39. The average molecular weight is 425 g/mol. The van der Waals surface area contributed by atoms with E-state index < -0.39 is 0 Å². The smallest absolute Gasteiger partial charge is 0.257 e. The summed E-state index contributed by atoms with van der Waals surface area (Å²) in [6.07, 6.45) is 8.32. The number of imidazole rings is 1. The summed E-state index contributed by atoms with van der Waals surface area (Å²) in [5.41, 5.74) is 4.26. The minimum Gasteiger partial charge on any atom is -0.310 e. The van der Waals surface area contributed by atoms with Gasteiger partial charge in [0, 0.05) is 36.3 Å². The highest BCUT2D eigenvalue weighted by atomic mass is 16.1. The molecular formula is C24H23N7O. The topological polar surface area (TPSA) is 90.5 Å². The Balaban J connectivity index is 1.26. The van der Waals surface area contributed by atoms with E-state index in [0.29, 0.717) is 23.0 Å². The molecule has 0 radical (unpaired) electrons. The van der Waals surface area contributed by atoms with Crippen LogP contribution in [0.3, 0.4) is 0 Å². The zero-order chi connectivity index (χ0) is 21.7. The van der Waals surface area contributed by atoms with Crippen LogP contribution in [-0.2, 0) is 13.0 Å². The lowest BCUT2D eigenvalue weighted by molar-refractivity contribution is 0.102. The summed E-state index contributed by atoms with van der Waals surface area (Å²) in [5, 5.41) is 11.5. The fraction of sp³-hybridized carbons (Fsp3) is 0.292. The molecule has 1 aliphatic heterocycles. The number of aryl methyl sites for hydroxylation is 2. The van der Waals surface area contributed by atoms with Gasteiger partial charge in [-0.3, -0.25) is 4.79 Å². The van der Waals surface area contributed by atoms with Crippen molar-refractivity contribution in [1.82, 2.24) is 29.3 Å². The van der Waals surface area contributed by atoms with Gasteiger partial charge < -0.3 is 14.5 Å². The Morgan fingerprint density at radius 2 is 2.06 bits per heavy atom. The molecule has 1 amide bonds. The fourth-order valence-corrected chi connectivity index (χ4v) is 4.24. The maximum absolute atomic E-state index is 13.1. The maximum Gasteiger partial charge on any atom is 0.257 e. The standard InChI is InChI=1S/C24H23N7O/c1-15-7-10-17(30-13-20(25-14-30)16-8-9-16)12-18(15)24(32)27-21-5-2-4-19(26-21)23-29-28-22-6-3-11-31(22)23/h2,4-5,7,10,12-14,16H,3,6,8-9,11H2,1H3,(H,26,27,32). The fourth-order valence-electron chi connectivity index (χ4n) is 4.24. The van der Waals surface area contributed by atoms with Gasteiger partial charge in [-0.25, -0.2) is 9.97 Å². The second-order valence-corrected chi connectivity index (χ2v) is 8.54. The van der Waals surface area contributed by atoms with Crippen molar-refractivity contribution < 1.29 is 4.79 Å². The van der Waals surface area contributed by atoms with E-state index in [4.69, 9.17) is 0 Å². The van der Waals surface area contributed by atoms with Gasteiger partial charge in [0.25, 0.3) is 5.91 Å². The van der Waals surface area contributed by atoms with Gasteiger partial charge in [0.2, 0.25) is 0 Å². The molecule has 1 saturated carbocycles. The highest BCUT2D eigenvalue weighted by molar-refractivity contribution is 6.05. The van der Waals surface area contributed by atoms with Crippen LogP contribution >= 0.6 is 0 Å². The van der Waals surface area contributed by atoms with Crippen LogP contribution in [-0.4, -0.2) is 35.2 Å². The van der Waals surface area contributed by atoms with Crippen LogP contribution in [0.1, 0.15) is 52.6 Å². The number of carbonyl (C=O) groups excluding carboxylic acids is 1. The van der Waals surface area contributed by atoms with E-state index in [9.17, 15) is 4.79 Å². The third-order valence-corrected chi connectivity index (χ3v) is 6.19. The number of aromatic nitrogens is 6. The number of benzene rings is 1. The molecule has 4 heterocycles. The van der Waals surface area contributed by atoms with Crippen LogP contribution in [0, 0.1) is 6.92 Å². The zero-order valence-electron chi connectivity index (χ0n) is 17.8. The molecule has 8 heteroatoms. The quantitative estimate of drug-likeness (QED) is 0.524. The lowest BCUT2D eigenvalue weighted by Gasteiger charge is -2.11. The molecule has 1 N–H and O–H groups in total. The SMILES string of the molecule is Cc1ccc(-n2cnc(C3CC3)c2)cc1C(=O)Nc1cccc(-c2nnc3n2CCC3)n1. The first-order chi connectivity index (χ1) is 15.7. The minimum absolute atomic E-state index is 0.192. The van der Waals surface area contributed by atoms with Crippen LogP contribution in [0.25, 0.3) is 17.2 Å². The Hall–Kier alpha value is -3.81. The van der Waals surface area contributed by atoms with Crippen molar-refractivity contribution in [3.8, 4) is 17.2 Å². The first kappa shape index (κ1) is 18.9. The molecular weight excluding hydrogens is 402 g/mol. The molecule has 0 bridgehead atoms. The Bertz CT molecular complexity index is 1330. The zero-order valence-corrected chi connectivity index (χ0v) is 17.8. The molecule has 1 fully saturated rings. The molecule has 4 aromatic rings. The number of nitrogens with zero attached hydrogens (tertiary/aromatic N) is 6. The predicted molar refractivity (Wildman–Crippen MR) is 120 cm³/mol. The Morgan fingerprint density at radius 1 is 1.16 bits per heavy atom. The van der Waals surface area contributed by atoms with Gasteiger partial charge in [0.15, 0.2) is 5.82 Å². The van der Waals surface area contributed by atoms with Crippen LogP contribution < -0.4 is 5.32 Å². The highest BCUT2D eigenvalue weighted by Gasteiger charge is 2.26. The average Bonchev–Trinajstić information content (AvgIpc) is 3.19. The number of hydrogen-bond acceptors (Lipinski definition) is 5. The van der Waals surface area contributed by atoms with Crippen LogP contribution in [0.15, 0.2) is 48.9 Å². The number of fused-ring (bicyclic) bond motifs is 1. The molecule has 1 aliphatic carbocycles. The summed E-state index contributed by atoms with van der Waals surface area (Å²) in [7, 11) is 0.